The zero-order valence-electron chi connectivity index (χ0n) is 20.5. The Morgan fingerprint density at radius 2 is 2.00 bits per heavy atom. The first-order valence-corrected chi connectivity index (χ1v) is 12.6. The standard InChI is InChI=1S/C28H35NO5/c1-27-10-8-24(30)29(3)23(27)6-5-18-19(27)7-9-28(2)20(18)14-17(26(28)31)11-16-12-21(32-4)25-22(13-16)33-15-34-25/h8,10-13,18-20,23,26,31H,5-7,9,14-15H2,1-4H3/b17-11+/t18-,19+,20+,23-,26+,27-,28+/m1/s1. The van der Waals surface area contributed by atoms with Gasteiger partial charge in [-0.25, -0.2) is 0 Å². The Labute approximate surface area is 201 Å². The molecule has 7 atom stereocenters. The first-order chi connectivity index (χ1) is 16.3. The predicted molar refractivity (Wildman–Crippen MR) is 129 cm³/mol. The predicted octanol–water partition coefficient (Wildman–Crippen LogP) is 4.42. The molecule has 0 spiro atoms. The Morgan fingerprint density at radius 3 is 2.79 bits per heavy atom. The van der Waals surface area contributed by atoms with Gasteiger partial charge >= 0.3 is 0 Å². The Balaban J connectivity index is 1.33. The fourth-order valence-corrected chi connectivity index (χ4v) is 8.18. The first-order valence-electron chi connectivity index (χ1n) is 12.6. The van der Waals surface area contributed by atoms with E-state index >= 15 is 0 Å². The van der Waals surface area contributed by atoms with E-state index in [9.17, 15) is 9.90 Å². The lowest BCUT2D eigenvalue weighted by atomic mass is 9.48. The van der Waals surface area contributed by atoms with E-state index in [1.807, 2.05) is 24.1 Å². The zero-order valence-corrected chi connectivity index (χ0v) is 20.5. The van der Waals surface area contributed by atoms with Gasteiger partial charge in [0, 0.05) is 23.9 Å². The normalized spacial score (nSPS) is 41.3. The molecule has 1 aromatic rings. The molecule has 0 bridgehead atoms. The quantitative estimate of drug-likeness (QED) is 0.700. The van der Waals surface area contributed by atoms with Gasteiger partial charge in [0.1, 0.15) is 0 Å². The summed E-state index contributed by atoms with van der Waals surface area (Å²) in [6, 6.07) is 4.22. The van der Waals surface area contributed by atoms with Crippen molar-refractivity contribution in [1.29, 1.82) is 0 Å². The number of aliphatic hydroxyl groups is 1. The van der Waals surface area contributed by atoms with Crippen molar-refractivity contribution in [3.05, 3.63) is 35.4 Å². The van der Waals surface area contributed by atoms with Crippen molar-refractivity contribution >= 4 is 12.0 Å². The number of methoxy groups -OCH3 is 1. The van der Waals surface area contributed by atoms with Gasteiger partial charge in [0.05, 0.1) is 13.2 Å². The summed E-state index contributed by atoms with van der Waals surface area (Å²) >= 11 is 0. The van der Waals surface area contributed by atoms with Crippen molar-refractivity contribution in [2.75, 3.05) is 21.0 Å². The van der Waals surface area contributed by atoms with Gasteiger partial charge in [-0.05, 0) is 79.2 Å². The third-order valence-corrected chi connectivity index (χ3v) is 10.0. The van der Waals surface area contributed by atoms with E-state index in [0.29, 0.717) is 35.0 Å². The van der Waals surface area contributed by atoms with Gasteiger partial charge in [-0.1, -0.05) is 26.0 Å². The van der Waals surface area contributed by atoms with Crippen LogP contribution >= 0.6 is 0 Å². The molecule has 5 aliphatic rings. The average molecular weight is 466 g/mol. The summed E-state index contributed by atoms with van der Waals surface area (Å²) in [6.07, 6.45) is 10.8. The van der Waals surface area contributed by atoms with E-state index in [4.69, 9.17) is 14.2 Å². The molecule has 34 heavy (non-hydrogen) atoms. The fraction of sp³-hybridized carbons (Fsp3) is 0.607. The highest BCUT2D eigenvalue weighted by molar-refractivity contribution is 5.89. The summed E-state index contributed by atoms with van der Waals surface area (Å²) in [6.45, 7) is 4.85. The van der Waals surface area contributed by atoms with Crippen LogP contribution in [0.25, 0.3) is 6.08 Å². The highest BCUT2D eigenvalue weighted by Crippen LogP contribution is 2.65. The van der Waals surface area contributed by atoms with Gasteiger partial charge in [-0.3, -0.25) is 4.79 Å². The zero-order chi connectivity index (χ0) is 23.8. The maximum atomic E-state index is 12.3. The Hall–Kier alpha value is -2.47. The maximum absolute atomic E-state index is 12.3. The van der Waals surface area contributed by atoms with E-state index < -0.39 is 6.10 Å². The number of carbonyl (C=O) groups is 1. The van der Waals surface area contributed by atoms with Crippen LogP contribution in [-0.2, 0) is 4.79 Å². The van der Waals surface area contributed by atoms with Gasteiger partial charge < -0.3 is 24.2 Å². The summed E-state index contributed by atoms with van der Waals surface area (Å²) in [4.78, 5) is 14.3. The highest BCUT2D eigenvalue weighted by atomic mass is 16.7. The smallest absolute Gasteiger partial charge is 0.246 e. The molecule has 3 saturated carbocycles. The molecule has 6 rings (SSSR count). The number of aliphatic hydroxyl groups excluding tert-OH is 1. The Kier molecular flexibility index (Phi) is 4.87. The highest BCUT2D eigenvalue weighted by Gasteiger charge is 2.61. The molecular formula is C28H35NO5. The average Bonchev–Trinajstić information content (AvgIpc) is 3.39. The summed E-state index contributed by atoms with van der Waals surface area (Å²) in [7, 11) is 3.60. The minimum Gasteiger partial charge on any atom is -0.493 e. The van der Waals surface area contributed by atoms with Gasteiger partial charge in [0.25, 0.3) is 0 Å². The van der Waals surface area contributed by atoms with Crippen LogP contribution < -0.4 is 14.2 Å². The van der Waals surface area contributed by atoms with Crippen LogP contribution in [0.4, 0.5) is 0 Å². The van der Waals surface area contributed by atoms with Crippen molar-refractivity contribution in [2.24, 2.45) is 28.6 Å². The molecule has 3 aliphatic carbocycles. The van der Waals surface area contributed by atoms with E-state index in [0.717, 1.165) is 43.2 Å². The Bertz CT molecular complexity index is 1090. The topological polar surface area (TPSA) is 68.2 Å². The van der Waals surface area contributed by atoms with Crippen LogP contribution in [0, 0.1) is 28.6 Å². The van der Waals surface area contributed by atoms with Crippen LogP contribution in [0.15, 0.2) is 29.9 Å². The molecule has 0 unspecified atom stereocenters. The largest absolute Gasteiger partial charge is 0.493 e. The summed E-state index contributed by atoms with van der Waals surface area (Å²) < 4.78 is 16.7. The number of carbonyl (C=O) groups excluding carboxylic acids is 1. The maximum Gasteiger partial charge on any atom is 0.246 e. The fourth-order valence-electron chi connectivity index (χ4n) is 8.18. The number of benzene rings is 1. The second-order valence-electron chi connectivity index (χ2n) is 11.4. The molecule has 2 heterocycles. The molecule has 1 N–H and O–H groups in total. The number of amides is 1. The summed E-state index contributed by atoms with van der Waals surface area (Å²) in [5, 5.41) is 11.6. The lowest BCUT2D eigenvalue weighted by Crippen LogP contribution is -2.59. The molecule has 1 aromatic carbocycles. The molecule has 1 amide bonds. The minimum atomic E-state index is -0.452. The third kappa shape index (κ3) is 2.93. The molecule has 6 nitrogen and oxygen atoms in total. The number of hydrogen-bond donors (Lipinski definition) is 1. The minimum absolute atomic E-state index is 0.00894. The molecule has 6 heteroatoms. The Morgan fingerprint density at radius 1 is 1.18 bits per heavy atom. The molecule has 2 aliphatic heterocycles. The molecular weight excluding hydrogens is 430 g/mol. The number of nitrogens with zero attached hydrogens (tertiary/aromatic N) is 1. The SMILES string of the molecule is COc1cc(/C=C2\C[C@H]3[C@@H]4CC[C@H]5N(C)C(=O)C=C[C@]5(C)[C@H]4CC[C@]3(C)[C@H]2O)cc2c1OCO2. The van der Waals surface area contributed by atoms with Crippen molar-refractivity contribution in [2.45, 2.75) is 58.1 Å². The number of ether oxygens (including phenoxy) is 3. The van der Waals surface area contributed by atoms with Crippen LogP contribution in [0.5, 0.6) is 17.2 Å². The van der Waals surface area contributed by atoms with Crippen molar-refractivity contribution in [3.8, 4) is 17.2 Å². The van der Waals surface area contributed by atoms with Gasteiger partial charge in [0.15, 0.2) is 11.5 Å². The second-order valence-corrected chi connectivity index (χ2v) is 11.4. The van der Waals surface area contributed by atoms with Gasteiger partial charge in [-0.15, -0.1) is 0 Å². The monoisotopic (exact) mass is 465 g/mol. The van der Waals surface area contributed by atoms with Crippen molar-refractivity contribution < 1.29 is 24.1 Å². The first kappa shape index (κ1) is 22.0. The number of likely N-dealkylation sites (N-methyl/N-ethyl adjacent to an activating group) is 1. The van der Waals surface area contributed by atoms with Crippen LogP contribution in [0.2, 0.25) is 0 Å². The number of hydrogen-bond acceptors (Lipinski definition) is 5. The second kappa shape index (κ2) is 7.51. The van der Waals surface area contributed by atoms with E-state index in [1.165, 1.54) is 0 Å². The van der Waals surface area contributed by atoms with Crippen LogP contribution in [0.1, 0.15) is 51.5 Å². The number of rotatable bonds is 2. The van der Waals surface area contributed by atoms with Crippen LogP contribution in [-0.4, -0.2) is 49.0 Å². The van der Waals surface area contributed by atoms with Crippen LogP contribution in [0.3, 0.4) is 0 Å². The summed E-state index contributed by atoms with van der Waals surface area (Å²) in [5.74, 6) is 3.66. The number of fused-ring (bicyclic) bond motifs is 6. The van der Waals surface area contributed by atoms with E-state index in [1.54, 1.807) is 13.2 Å². The van der Waals surface area contributed by atoms with E-state index in [-0.39, 0.29) is 29.6 Å². The van der Waals surface area contributed by atoms with Gasteiger partial charge in [-0.2, -0.15) is 0 Å². The molecule has 0 aromatic heterocycles. The molecule has 0 saturated heterocycles. The molecule has 0 radical (unpaired) electrons. The lowest BCUT2D eigenvalue weighted by Gasteiger charge is -2.59. The third-order valence-electron chi connectivity index (χ3n) is 10.0. The van der Waals surface area contributed by atoms with Gasteiger partial charge in [0.2, 0.25) is 18.4 Å². The molecule has 182 valence electrons. The molecule has 3 fully saturated rings. The van der Waals surface area contributed by atoms with Crippen molar-refractivity contribution in [3.63, 3.8) is 0 Å². The lowest BCUT2D eigenvalue weighted by molar-refractivity contribution is -0.140. The van der Waals surface area contributed by atoms with Crippen molar-refractivity contribution in [1.82, 2.24) is 4.90 Å². The van der Waals surface area contributed by atoms with E-state index in [2.05, 4.69) is 26.0 Å². The summed E-state index contributed by atoms with van der Waals surface area (Å²) in [5.41, 5.74) is 1.97.